The van der Waals surface area contributed by atoms with Crippen molar-refractivity contribution in [3.63, 3.8) is 0 Å². The van der Waals surface area contributed by atoms with Crippen LogP contribution in [0, 0.1) is 5.92 Å². The van der Waals surface area contributed by atoms with E-state index < -0.39 is 0 Å². The lowest BCUT2D eigenvalue weighted by molar-refractivity contribution is -0.122. The third-order valence-corrected chi connectivity index (χ3v) is 3.78. The minimum atomic E-state index is 0.0880. The lowest BCUT2D eigenvalue weighted by atomic mass is 10.1. The lowest BCUT2D eigenvalue weighted by Crippen LogP contribution is -2.38. The molecule has 0 saturated heterocycles. The number of hydrogen-bond acceptors (Lipinski definition) is 2. The van der Waals surface area contributed by atoms with E-state index in [2.05, 4.69) is 30.5 Å². The topological polar surface area (TPSA) is 46.1 Å². The van der Waals surface area contributed by atoms with Crippen LogP contribution in [0.2, 0.25) is 0 Å². The number of amides is 1. The van der Waals surface area contributed by atoms with E-state index in [9.17, 15) is 4.79 Å². The molecule has 2 rings (SSSR count). The van der Waals surface area contributed by atoms with Crippen molar-refractivity contribution in [1.82, 2.24) is 15.2 Å². The number of aromatic nitrogens is 1. The van der Waals surface area contributed by atoms with Gasteiger partial charge in [0.1, 0.15) is 6.54 Å². The van der Waals surface area contributed by atoms with Crippen LogP contribution in [-0.2, 0) is 17.9 Å². The highest BCUT2D eigenvalue weighted by atomic mass is 16.2. The Labute approximate surface area is 115 Å². The Hall–Kier alpha value is -1.29. The van der Waals surface area contributed by atoms with Gasteiger partial charge in [-0.1, -0.05) is 13.8 Å². The Morgan fingerprint density at radius 1 is 1.42 bits per heavy atom. The molecule has 1 heterocycles. The largest absolute Gasteiger partial charge is 0.352 e. The highest BCUT2D eigenvalue weighted by Crippen LogP contribution is 2.19. The Balaban J connectivity index is 1.83. The number of carbonyl (C=O) groups excluding carboxylic acids is 1. The molecule has 1 unspecified atom stereocenters. The molecular weight excluding hydrogens is 238 g/mol. The van der Waals surface area contributed by atoms with Crippen LogP contribution in [0.1, 0.15) is 39.3 Å². The SMILES string of the molecule is CC(C)C(C)NC(=O)Cn1cccc1CNC1CC1. The first-order chi connectivity index (χ1) is 9.06. The number of hydrogen-bond donors (Lipinski definition) is 2. The molecule has 0 bridgehead atoms. The van der Waals surface area contributed by atoms with Crippen molar-refractivity contribution in [2.45, 2.75) is 58.8 Å². The molecule has 0 spiro atoms. The second-order valence-electron chi connectivity index (χ2n) is 5.88. The fourth-order valence-electron chi connectivity index (χ4n) is 1.92. The van der Waals surface area contributed by atoms with Gasteiger partial charge in [-0.2, -0.15) is 0 Å². The molecule has 0 aromatic carbocycles. The van der Waals surface area contributed by atoms with Crippen LogP contribution in [0.5, 0.6) is 0 Å². The zero-order chi connectivity index (χ0) is 13.8. The average Bonchev–Trinajstić information content (AvgIpc) is 3.08. The minimum Gasteiger partial charge on any atom is -0.352 e. The van der Waals surface area contributed by atoms with Crippen LogP contribution < -0.4 is 10.6 Å². The van der Waals surface area contributed by atoms with E-state index in [4.69, 9.17) is 0 Å². The van der Waals surface area contributed by atoms with E-state index in [1.807, 2.05) is 23.8 Å². The molecule has 1 amide bonds. The fraction of sp³-hybridized carbons (Fsp3) is 0.667. The van der Waals surface area contributed by atoms with E-state index in [0.717, 1.165) is 6.54 Å². The third-order valence-electron chi connectivity index (χ3n) is 3.78. The second-order valence-corrected chi connectivity index (χ2v) is 5.88. The van der Waals surface area contributed by atoms with E-state index >= 15 is 0 Å². The lowest BCUT2D eigenvalue weighted by Gasteiger charge is -2.18. The number of carbonyl (C=O) groups is 1. The molecule has 1 aromatic heterocycles. The monoisotopic (exact) mass is 263 g/mol. The molecule has 0 aliphatic heterocycles. The van der Waals surface area contributed by atoms with Crippen molar-refractivity contribution in [3.8, 4) is 0 Å². The third kappa shape index (κ3) is 4.39. The molecule has 0 radical (unpaired) electrons. The van der Waals surface area contributed by atoms with Gasteiger partial charge in [-0.25, -0.2) is 0 Å². The fourth-order valence-corrected chi connectivity index (χ4v) is 1.92. The second kappa shape index (κ2) is 6.24. The van der Waals surface area contributed by atoms with Crippen molar-refractivity contribution >= 4 is 5.91 Å². The highest BCUT2D eigenvalue weighted by Gasteiger charge is 2.20. The van der Waals surface area contributed by atoms with Gasteiger partial charge in [0.15, 0.2) is 0 Å². The first kappa shape index (κ1) is 14.1. The molecule has 1 aliphatic rings. The van der Waals surface area contributed by atoms with E-state index in [1.165, 1.54) is 18.5 Å². The Kier molecular flexibility index (Phi) is 4.64. The van der Waals surface area contributed by atoms with Gasteiger partial charge in [-0.15, -0.1) is 0 Å². The van der Waals surface area contributed by atoms with Gasteiger partial charge in [0.2, 0.25) is 5.91 Å². The Morgan fingerprint density at radius 2 is 2.16 bits per heavy atom. The van der Waals surface area contributed by atoms with Crippen LogP contribution in [0.25, 0.3) is 0 Å². The molecule has 1 fully saturated rings. The van der Waals surface area contributed by atoms with E-state index in [1.54, 1.807) is 0 Å². The van der Waals surface area contributed by atoms with Crippen LogP contribution in [0.4, 0.5) is 0 Å². The van der Waals surface area contributed by atoms with Gasteiger partial charge in [-0.05, 0) is 37.8 Å². The van der Waals surface area contributed by atoms with Gasteiger partial charge in [-0.3, -0.25) is 4.79 Å². The summed E-state index contributed by atoms with van der Waals surface area (Å²) in [7, 11) is 0. The summed E-state index contributed by atoms with van der Waals surface area (Å²) >= 11 is 0. The maximum Gasteiger partial charge on any atom is 0.240 e. The molecule has 1 aromatic rings. The molecule has 2 N–H and O–H groups in total. The molecule has 4 heteroatoms. The molecule has 19 heavy (non-hydrogen) atoms. The maximum atomic E-state index is 12.0. The average molecular weight is 263 g/mol. The number of nitrogens with one attached hydrogen (secondary N) is 2. The summed E-state index contributed by atoms with van der Waals surface area (Å²) in [5, 5.41) is 6.52. The van der Waals surface area contributed by atoms with Gasteiger partial charge in [0.25, 0.3) is 0 Å². The predicted octanol–water partition coefficient (Wildman–Crippen LogP) is 1.90. The van der Waals surface area contributed by atoms with Crippen LogP contribution in [-0.4, -0.2) is 22.6 Å². The highest BCUT2D eigenvalue weighted by molar-refractivity contribution is 5.76. The summed E-state index contributed by atoms with van der Waals surface area (Å²) in [6, 6.07) is 4.99. The standard InChI is InChI=1S/C15H25N3O/c1-11(2)12(3)17-15(19)10-18-8-4-5-14(18)9-16-13-6-7-13/h4-5,8,11-13,16H,6-7,9-10H2,1-3H3,(H,17,19). The first-order valence-electron chi connectivity index (χ1n) is 7.23. The maximum absolute atomic E-state index is 12.0. The molecule has 4 nitrogen and oxygen atoms in total. The van der Waals surface area contributed by atoms with Gasteiger partial charge < -0.3 is 15.2 Å². The van der Waals surface area contributed by atoms with Crippen LogP contribution in [0.3, 0.4) is 0 Å². The Morgan fingerprint density at radius 3 is 2.79 bits per heavy atom. The molecule has 1 saturated carbocycles. The zero-order valence-corrected chi connectivity index (χ0v) is 12.1. The smallest absolute Gasteiger partial charge is 0.240 e. The minimum absolute atomic E-state index is 0.0880. The summed E-state index contributed by atoms with van der Waals surface area (Å²) in [5.41, 5.74) is 1.18. The first-order valence-corrected chi connectivity index (χ1v) is 7.23. The van der Waals surface area contributed by atoms with Gasteiger partial charge in [0.05, 0.1) is 0 Å². The quantitative estimate of drug-likeness (QED) is 0.789. The van der Waals surface area contributed by atoms with Crippen molar-refractivity contribution in [2.75, 3.05) is 0 Å². The van der Waals surface area contributed by atoms with E-state index in [0.29, 0.717) is 18.5 Å². The Bertz CT molecular complexity index is 421. The van der Waals surface area contributed by atoms with Crippen LogP contribution >= 0.6 is 0 Å². The van der Waals surface area contributed by atoms with Crippen molar-refractivity contribution < 1.29 is 4.79 Å². The molecule has 1 atom stereocenters. The normalized spacial score (nSPS) is 16.6. The summed E-state index contributed by atoms with van der Waals surface area (Å²) in [6.07, 6.45) is 4.55. The van der Waals surface area contributed by atoms with Gasteiger partial charge >= 0.3 is 0 Å². The predicted molar refractivity (Wildman–Crippen MR) is 76.7 cm³/mol. The molecule has 1 aliphatic carbocycles. The van der Waals surface area contributed by atoms with Crippen molar-refractivity contribution in [3.05, 3.63) is 24.0 Å². The molecule has 106 valence electrons. The van der Waals surface area contributed by atoms with E-state index in [-0.39, 0.29) is 11.9 Å². The summed E-state index contributed by atoms with van der Waals surface area (Å²) in [5.74, 6) is 0.551. The van der Waals surface area contributed by atoms with Crippen LogP contribution in [0.15, 0.2) is 18.3 Å². The zero-order valence-electron chi connectivity index (χ0n) is 12.1. The van der Waals surface area contributed by atoms with Crippen molar-refractivity contribution in [2.24, 2.45) is 5.92 Å². The number of nitrogens with zero attached hydrogens (tertiary/aromatic N) is 1. The summed E-state index contributed by atoms with van der Waals surface area (Å²) in [6.45, 7) is 7.54. The van der Waals surface area contributed by atoms with Crippen molar-refractivity contribution in [1.29, 1.82) is 0 Å². The molecular formula is C15H25N3O. The summed E-state index contributed by atoms with van der Waals surface area (Å²) in [4.78, 5) is 12.0. The summed E-state index contributed by atoms with van der Waals surface area (Å²) < 4.78 is 2.03. The van der Waals surface area contributed by atoms with Gasteiger partial charge in [0, 0.05) is 30.5 Å². The number of rotatable bonds is 7.